The molecule has 0 bridgehead atoms. The van der Waals surface area contributed by atoms with E-state index in [2.05, 4.69) is 16.0 Å². The van der Waals surface area contributed by atoms with E-state index >= 15 is 0 Å². The van der Waals surface area contributed by atoms with Crippen molar-refractivity contribution in [3.63, 3.8) is 0 Å². The van der Waals surface area contributed by atoms with Crippen molar-refractivity contribution in [2.75, 3.05) is 13.1 Å². The van der Waals surface area contributed by atoms with Crippen LogP contribution in [-0.4, -0.2) is 37.0 Å². The average Bonchev–Trinajstić information content (AvgIpc) is 2.79. The summed E-state index contributed by atoms with van der Waals surface area (Å²) < 4.78 is 0. The van der Waals surface area contributed by atoms with Crippen molar-refractivity contribution in [1.82, 2.24) is 16.0 Å². The number of nitrogens with one attached hydrogen (secondary N) is 3. The van der Waals surface area contributed by atoms with Gasteiger partial charge in [0.15, 0.2) is 0 Å². The summed E-state index contributed by atoms with van der Waals surface area (Å²) in [5, 5.41) is 8.60. The zero-order valence-corrected chi connectivity index (χ0v) is 10.7. The molecule has 0 aromatic heterocycles. The molecular formula is C12H23N3O2. The molecule has 0 saturated heterocycles. The standard InChI is InChI=1S/C12H23N3O2/c1-3-13-11(16)8-14-9(2)12(17)15-10-6-4-5-7-10/h9-10,14H,3-8H2,1-2H3,(H,13,16)(H,15,17). The third kappa shape index (κ3) is 5.17. The Hall–Kier alpha value is -1.10. The zero-order chi connectivity index (χ0) is 12.7. The maximum absolute atomic E-state index is 11.8. The quantitative estimate of drug-likeness (QED) is 0.620. The van der Waals surface area contributed by atoms with Gasteiger partial charge in [-0.25, -0.2) is 0 Å². The first kappa shape index (κ1) is 14.0. The van der Waals surface area contributed by atoms with E-state index in [0.29, 0.717) is 12.6 Å². The third-order valence-corrected chi connectivity index (χ3v) is 3.04. The second-order valence-corrected chi connectivity index (χ2v) is 4.55. The minimum Gasteiger partial charge on any atom is -0.355 e. The summed E-state index contributed by atoms with van der Waals surface area (Å²) in [7, 11) is 0. The Bertz CT molecular complexity index is 262. The van der Waals surface area contributed by atoms with E-state index in [1.54, 1.807) is 6.92 Å². The van der Waals surface area contributed by atoms with Gasteiger partial charge in [-0.05, 0) is 26.7 Å². The van der Waals surface area contributed by atoms with Crippen LogP contribution in [0.1, 0.15) is 39.5 Å². The summed E-state index contributed by atoms with van der Waals surface area (Å²) in [5.74, 6) is -0.0887. The lowest BCUT2D eigenvalue weighted by Gasteiger charge is -2.17. The monoisotopic (exact) mass is 241 g/mol. The van der Waals surface area contributed by atoms with Gasteiger partial charge in [-0.3, -0.25) is 14.9 Å². The molecule has 3 N–H and O–H groups in total. The fourth-order valence-electron chi connectivity index (χ4n) is 1.99. The van der Waals surface area contributed by atoms with Gasteiger partial charge in [0, 0.05) is 12.6 Å². The van der Waals surface area contributed by atoms with Crippen LogP contribution in [-0.2, 0) is 9.59 Å². The SMILES string of the molecule is CCNC(=O)CNC(C)C(=O)NC1CCCC1. The van der Waals surface area contributed by atoms with E-state index in [9.17, 15) is 9.59 Å². The highest BCUT2D eigenvalue weighted by Crippen LogP contribution is 2.17. The zero-order valence-electron chi connectivity index (χ0n) is 10.7. The molecule has 5 nitrogen and oxygen atoms in total. The van der Waals surface area contributed by atoms with Crippen molar-refractivity contribution in [3.8, 4) is 0 Å². The van der Waals surface area contributed by atoms with Crippen molar-refractivity contribution in [3.05, 3.63) is 0 Å². The normalized spacial score (nSPS) is 17.8. The Morgan fingerprint density at radius 2 is 1.94 bits per heavy atom. The smallest absolute Gasteiger partial charge is 0.237 e. The molecule has 0 spiro atoms. The van der Waals surface area contributed by atoms with Crippen LogP contribution in [0.2, 0.25) is 0 Å². The largest absolute Gasteiger partial charge is 0.355 e. The van der Waals surface area contributed by atoms with E-state index < -0.39 is 0 Å². The molecule has 1 fully saturated rings. The number of hydrogen-bond acceptors (Lipinski definition) is 3. The van der Waals surface area contributed by atoms with Crippen molar-refractivity contribution in [2.45, 2.75) is 51.6 Å². The van der Waals surface area contributed by atoms with Crippen LogP contribution in [0.3, 0.4) is 0 Å². The molecule has 0 heterocycles. The second kappa shape index (κ2) is 7.27. The van der Waals surface area contributed by atoms with Crippen LogP contribution >= 0.6 is 0 Å². The predicted octanol–water partition coefficient (Wildman–Crippen LogP) is 0.159. The first-order valence-electron chi connectivity index (χ1n) is 6.44. The fourth-order valence-corrected chi connectivity index (χ4v) is 1.99. The van der Waals surface area contributed by atoms with E-state index in [0.717, 1.165) is 12.8 Å². The summed E-state index contributed by atoms with van der Waals surface area (Å²) in [6.45, 7) is 4.45. The van der Waals surface area contributed by atoms with Crippen LogP contribution in [0.5, 0.6) is 0 Å². The summed E-state index contributed by atoms with van der Waals surface area (Å²) in [5.41, 5.74) is 0. The maximum atomic E-state index is 11.8. The van der Waals surface area contributed by atoms with Gasteiger partial charge < -0.3 is 10.6 Å². The molecule has 2 amide bonds. The van der Waals surface area contributed by atoms with Gasteiger partial charge in [0.1, 0.15) is 0 Å². The molecule has 1 rings (SSSR count). The van der Waals surface area contributed by atoms with Crippen LogP contribution in [0.15, 0.2) is 0 Å². The van der Waals surface area contributed by atoms with E-state index in [4.69, 9.17) is 0 Å². The molecule has 1 saturated carbocycles. The lowest BCUT2D eigenvalue weighted by molar-refractivity contribution is -0.124. The number of carbonyl (C=O) groups excluding carboxylic acids is 2. The Morgan fingerprint density at radius 3 is 2.53 bits per heavy atom. The van der Waals surface area contributed by atoms with E-state index in [1.807, 2.05) is 6.92 Å². The average molecular weight is 241 g/mol. The first-order valence-corrected chi connectivity index (χ1v) is 6.44. The highest BCUT2D eigenvalue weighted by Gasteiger charge is 2.20. The molecule has 98 valence electrons. The van der Waals surface area contributed by atoms with Crippen LogP contribution < -0.4 is 16.0 Å². The molecular weight excluding hydrogens is 218 g/mol. The second-order valence-electron chi connectivity index (χ2n) is 4.55. The van der Waals surface area contributed by atoms with E-state index in [-0.39, 0.29) is 24.4 Å². The highest BCUT2D eigenvalue weighted by molar-refractivity contribution is 5.83. The number of amides is 2. The molecule has 0 aromatic rings. The fraction of sp³-hybridized carbons (Fsp3) is 0.833. The van der Waals surface area contributed by atoms with Gasteiger partial charge in [0.25, 0.3) is 0 Å². The number of likely N-dealkylation sites (N-methyl/N-ethyl adjacent to an activating group) is 1. The summed E-state index contributed by atoms with van der Waals surface area (Å²) >= 11 is 0. The topological polar surface area (TPSA) is 70.2 Å². The Labute approximate surface area is 103 Å². The molecule has 0 radical (unpaired) electrons. The molecule has 1 atom stereocenters. The predicted molar refractivity (Wildman–Crippen MR) is 66.5 cm³/mol. The highest BCUT2D eigenvalue weighted by atomic mass is 16.2. The Morgan fingerprint density at radius 1 is 1.29 bits per heavy atom. The number of hydrogen-bond donors (Lipinski definition) is 3. The van der Waals surface area contributed by atoms with Gasteiger partial charge in [-0.1, -0.05) is 12.8 Å². The molecule has 1 aliphatic carbocycles. The van der Waals surface area contributed by atoms with Gasteiger partial charge >= 0.3 is 0 Å². The van der Waals surface area contributed by atoms with Crippen molar-refractivity contribution < 1.29 is 9.59 Å². The molecule has 17 heavy (non-hydrogen) atoms. The lowest BCUT2D eigenvalue weighted by atomic mass is 10.2. The van der Waals surface area contributed by atoms with Crippen LogP contribution in [0.4, 0.5) is 0 Å². The summed E-state index contributed by atoms with van der Waals surface area (Å²) in [6, 6.07) is 0.00873. The lowest BCUT2D eigenvalue weighted by Crippen LogP contribution is -2.48. The molecule has 0 aliphatic heterocycles. The minimum absolute atomic E-state index is 0.0128. The maximum Gasteiger partial charge on any atom is 0.237 e. The number of rotatable bonds is 6. The van der Waals surface area contributed by atoms with Gasteiger partial charge in [-0.2, -0.15) is 0 Å². The molecule has 5 heteroatoms. The van der Waals surface area contributed by atoms with E-state index in [1.165, 1.54) is 12.8 Å². The van der Waals surface area contributed by atoms with Crippen molar-refractivity contribution in [2.24, 2.45) is 0 Å². The first-order chi connectivity index (χ1) is 8.13. The minimum atomic E-state index is -0.321. The third-order valence-electron chi connectivity index (χ3n) is 3.04. The van der Waals surface area contributed by atoms with Crippen LogP contribution in [0.25, 0.3) is 0 Å². The van der Waals surface area contributed by atoms with Gasteiger partial charge in [0.2, 0.25) is 11.8 Å². The van der Waals surface area contributed by atoms with Crippen LogP contribution in [0, 0.1) is 0 Å². The summed E-state index contributed by atoms with van der Waals surface area (Å²) in [6.07, 6.45) is 4.56. The Balaban J connectivity index is 2.19. The summed E-state index contributed by atoms with van der Waals surface area (Å²) in [4.78, 5) is 23.0. The van der Waals surface area contributed by atoms with Gasteiger partial charge in [0.05, 0.1) is 12.6 Å². The van der Waals surface area contributed by atoms with Crippen molar-refractivity contribution >= 4 is 11.8 Å². The molecule has 1 aliphatic rings. The Kier molecular flexibility index (Phi) is 5.97. The number of carbonyl (C=O) groups is 2. The molecule has 0 aromatic carbocycles. The molecule has 1 unspecified atom stereocenters. The van der Waals surface area contributed by atoms with Crippen molar-refractivity contribution in [1.29, 1.82) is 0 Å². The van der Waals surface area contributed by atoms with Gasteiger partial charge in [-0.15, -0.1) is 0 Å².